The lowest BCUT2D eigenvalue weighted by molar-refractivity contribution is -0.124. The molecule has 1 unspecified atom stereocenters. The Labute approximate surface area is 122 Å². The largest absolute Gasteiger partial charge is 0.382 e. The number of nitrogens with two attached hydrogens (primary N) is 1. The van der Waals surface area contributed by atoms with Crippen LogP contribution in [-0.2, 0) is 19.0 Å². The van der Waals surface area contributed by atoms with Crippen LogP contribution in [0.5, 0.6) is 0 Å². The van der Waals surface area contributed by atoms with Gasteiger partial charge in [-0.25, -0.2) is 0 Å². The van der Waals surface area contributed by atoms with Crippen molar-refractivity contribution in [2.75, 3.05) is 40.1 Å². The van der Waals surface area contributed by atoms with Crippen LogP contribution in [0.1, 0.15) is 33.6 Å². The van der Waals surface area contributed by atoms with Gasteiger partial charge in [-0.1, -0.05) is 0 Å². The topological polar surface area (TPSA) is 82.8 Å². The zero-order valence-corrected chi connectivity index (χ0v) is 13.2. The first-order chi connectivity index (χ1) is 9.42. The van der Waals surface area contributed by atoms with Crippen molar-refractivity contribution in [2.45, 2.75) is 45.2 Å². The van der Waals surface area contributed by atoms with Crippen molar-refractivity contribution in [3.8, 4) is 0 Å². The first kappa shape index (κ1) is 19.3. The van der Waals surface area contributed by atoms with Crippen molar-refractivity contribution >= 4 is 5.91 Å². The molecule has 0 aliphatic heterocycles. The van der Waals surface area contributed by atoms with Gasteiger partial charge in [0.2, 0.25) is 5.91 Å². The fourth-order valence-corrected chi connectivity index (χ4v) is 1.90. The molecule has 0 aliphatic carbocycles. The van der Waals surface area contributed by atoms with Crippen LogP contribution in [0.25, 0.3) is 0 Å². The summed E-state index contributed by atoms with van der Waals surface area (Å²) in [6.07, 6.45) is 1.43. The van der Waals surface area contributed by atoms with E-state index in [-0.39, 0.29) is 11.9 Å². The minimum absolute atomic E-state index is 0.211. The van der Waals surface area contributed by atoms with Crippen LogP contribution in [0.15, 0.2) is 0 Å². The standard InChI is InChI=1S/C14H30N2O4/c1-12(2)16-14(3,13(15)17)6-5-7-19-10-11-20-9-8-18-4/h12,16H,5-11H2,1-4H3,(H2,15,17). The van der Waals surface area contributed by atoms with Crippen molar-refractivity contribution in [1.29, 1.82) is 0 Å². The molecule has 0 aliphatic rings. The quantitative estimate of drug-likeness (QED) is 0.488. The first-order valence-electron chi connectivity index (χ1n) is 7.14. The van der Waals surface area contributed by atoms with Crippen molar-refractivity contribution in [1.82, 2.24) is 5.32 Å². The average molecular weight is 290 g/mol. The lowest BCUT2D eigenvalue weighted by Crippen LogP contribution is -2.55. The smallest absolute Gasteiger partial charge is 0.237 e. The molecule has 0 bridgehead atoms. The predicted octanol–water partition coefficient (Wildman–Crippen LogP) is 0.688. The van der Waals surface area contributed by atoms with Gasteiger partial charge >= 0.3 is 0 Å². The molecule has 0 saturated heterocycles. The lowest BCUT2D eigenvalue weighted by atomic mass is 9.94. The summed E-state index contributed by atoms with van der Waals surface area (Å²) in [5.41, 5.74) is 4.78. The summed E-state index contributed by atoms with van der Waals surface area (Å²) >= 11 is 0. The molecule has 0 aromatic heterocycles. The molecule has 0 rings (SSSR count). The van der Waals surface area contributed by atoms with E-state index < -0.39 is 5.54 Å². The molecule has 1 atom stereocenters. The van der Waals surface area contributed by atoms with E-state index in [0.717, 1.165) is 6.42 Å². The van der Waals surface area contributed by atoms with Crippen molar-refractivity contribution in [3.05, 3.63) is 0 Å². The molecule has 0 spiro atoms. The van der Waals surface area contributed by atoms with Gasteiger partial charge in [0.1, 0.15) is 0 Å². The molecule has 1 amide bonds. The normalized spacial score (nSPS) is 14.4. The number of primary amides is 1. The highest BCUT2D eigenvalue weighted by atomic mass is 16.5. The van der Waals surface area contributed by atoms with E-state index in [1.54, 1.807) is 7.11 Å². The molecule has 0 aromatic carbocycles. The summed E-state index contributed by atoms with van der Waals surface area (Å²) in [5.74, 6) is -0.325. The maximum atomic E-state index is 11.5. The zero-order chi connectivity index (χ0) is 15.4. The van der Waals surface area contributed by atoms with Gasteiger partial charge in [0.15, 0.2) is 0 Å². The Balaban J connectivity index is 3.67. The number of methoxy groups -OCH3 is 1. The summed E-state index contributed by atoms with van der Waals surface area (Å²) in [4.78, 5) is 11.5. The second-order valence-electron chi connectivity index (χ2n) is 5.32. The molecule has 6 nitrogen and oxygen atoms in total. The van der Waals surface area contributed by atoms with Crippen molar-refractivity contribution in [2.24, 2.45) is 5.73 Å². The van der Waals surface area contributed by atoms with E-state index in [1.807, 2.05) is 20.8 Å². The summed E-state index contributed by atoms with van der Waals surface area (Å²) in [6, 6.07) is 0.211. The minimum atomic E-state index is -0.674. The van der Waals surface area contributed by atoms with Crippen LogP contribution in [0.3, 0.4) is 0 Å². The van der Waals surface area contributed by atoms with Gasteiger partial charge in [-0.05, 0) is 33.6 Å². The van der Waals surface area contributed by atoms with Crippen LogP contribution >= 0.6 is 0 Å². The monoisotopic (exact) mass is 290 g/mol. The number of carbonyl (C=O) groups excluding carboxylic acids is 1. The SMILES string of the molecule is COCCOCCOCCCC(C)(NC(C)C)C(N)=O. The third-order valence-electron chi connectivity index (χ3n) is 2.92. The maximum absolute atomic E-state index is 11.5. The van der Waals surface area contributed by atoms with Gasteiger partial charge in [0, 0.05) is 19.8 Å². The highest BCUT2D eigenvalue weighted by Gasteiger charge is 2.30. The summed E-state index contributed by atoms with van der Waals surface area (Å²) < 4.78 is 15.6. The lowest BCUT2D eigenvalue weighted by Gasteiger charge is -2.29. The van der Waals surface area contributed by atoms with E-state index >= 15 is 0 Å². The van der Waals surface area contributed by atoms with Gasteiger partial charge < -0.3 is 25.3 Å². The number of hydrogen-bond acceptors (Lipinski definition) is 5. The van der Waals surface area contributed by atoms with Gasteiger partial charge in [-0.15, -0.1) is 0 Å². The average Bonchev–Trinajstić information content (AvgIpc) is 2.35. The fourth-order valence-electron chi connectivity index (χ4n) is 1.90. The Bertz CT molecular complexity index is 262. The molecule has 0 fully saturated rings. The Morgan fingerprint density at radius 1 is 1.15 bits per heavy atom. The van der Waals surface area contributed by atoms with Crippen LogP contribution in [0, 0.1) is 0 Å². The van der Waals surface area contributed by atoms with Gasteiger partial charge in [0.25, 0.3) is 0 Å². The highest BCUT2D eigenvalue weighted by molar-refractivity contribution is 5.84. The molecule has 0 radical (unpaired) electrons. The van der Waals surface area contributed by atoms with Gasteiger partial charge in [-0.2, -0.15) is 0 Å². The number of rotatable bonds is 13. The van der Waals surface area contributed by atoms with Crippen LogP contribution in [-0.4, -0.2) is 57.6 Å². The zero-order valence-electron chi connectivity index (χ0n) is 13.2. The molecular formula is C14H30N2O4. The Morgan fingerprint density at radius 2 is 1.70 bits per heavy atom. The van der Waals surface area contributed by atoms with E-state index in [4.69, 9.17) is 19.9 Å². The second kappa shape index (κ2) is 11.0. The van der Waals surface area contributed by atoms with E-state index in [0.29, 0.717) is 39.5 Å². The van der Waals surface area contributed by atoms with Crippen LogP contribution < -0.4 is 11.1 Å². The molecule has 3 N–H and O–H groups in total. The van der Waals surface area contributed by atoms with Crippen LogP contribution in [0.4, 0.5) is 0 Å². The number of nitrogens with one attached hydrogen (secondary N) is 1. The number of hydrogen-bond donors (Lipinski definition) is 2. The summed E-state index contributed by atoms with van der Waals surface area (Å²) in [6.45, 7) is 8.70. The van der Waals surface area contributed by atoms with Gasteiger partial charge in [-0.3, -0.25) is 4.79 Å². The van der Waals surface area contributed by atoms with E-state index in [9.17, 15) is 4.79 Å². The summed E-state index contributed by atoms with van der Waals surface area (Å²) in [5, 5.41) is 3.21. The second-order valence-corrected chi connectivity index (χ2v) is 5.32. The predicted molar refractivity (Wildman–Crippen MR) is 78.6 cm³/mol. The Kier molecular flexibility index (Phi) is 10.6. The van der Waals surface area contributed by atoms with Crippen molar-refractivity contribution in [3.63, 3.8) is 0 Å². The Hall–Kier alpha value is -0.690. The molecule has 20 heavy (non-hydrogen) atoms. The number of amides is 1. The minimum Gasteiger partial charge on any atom is -0.382 e. The first-order valence-corrected chi connectivity index (χ1v) is 7.14. The number of carbonyl (C=O) groups is 1. The molecule has 6 heteroatoms. The number of ether oxygens (including phenoxy) is 3. The third kappa shape index (κ3) is 9.25. The third-order valence-corrected chi connectivity index (χ3v) is 2.92. The van der Waals surface area contributed by atoms with E-state index in [1.165, 1.54) is 0 Å². The van der Waals surface area contributed by atoms with Crippen LogP contribution in [0.2, 0.25) is 0 Å². The maximum Gasteiger partial charge on any atom is 0.237 e. The molecular weight excluding hydrogens is 260 g/mol. The Morgan fingerprint density at radius 3 is 2.20 bits per heavy atom. The molecule has 0 saturated carbocycles. The highest BCUT2D eigenvalue weighted by Crippen LogP contribution is 2.13. The molecule has 0 heterocycles. The van der Waals surface area contributed by atoms with Crippen molar-refractivity contribution < 1.29 is 19.0 Å². The molecule has 120 valence electrons. The molecule has 0 aromatic rings. The van der Waals surface area contributed by atoms with Gasteiger partial charge in [0.05, 0.1) is 32.0 Å². The van der Waals surface area contributed by atoms with E-state index in [2.05, 4.69) is 5.32 Å². The fraction of sp³-hybridized carbons (Fsp3) is 0.929. The summed E-state index contributed by atoms with van der Waals surface area (Å²) in [7, 11) is 1.64.